The van der Waals surface area contributed by atoms with Crippen molar-refractivity contribution >= 4 is 27.1 Å². The Balaban J connectivity index is 1.33. The van der Waals surface area contributed by atoms with E-state index >= 15 is 0 Å². The monoisotopic (exact) mass is 421 g/mol. The Morgan fingerprint density at radius 3 is 2.28 bits per heavy atom. The van der Waals surface area contributed by atoms with Gasteiger partial charge >= 0.3 is 0 Å². The van der Waals surface area contributed by atoms with Crippen molar-refractivity contribution in [1.29, 1.82) is 0 Å². The van der Waals surface area contributed by atoms with Gasteiger partial charge in [-0.1, -0.05) is 0 Å². The Morgan fingerprint density at radius 1 is 1.10 bits per heavy atom. The summed E-state index contributed by atoms with van der Waals surface area (Å²) >= 11 is 0. The maximum Gasteiger partial charge on any atom is 0.293 e. The van der Waals surface area contributed by atoms with Crippen molar-refractivity contribution < 1.29 is 18.1 Å². The SMILES string of the molecule is CS(=O)(=O)c1ccc(NCCNC(=O)C2C3CC4CC(C3)CC2C4)c([N+](=O)[O-])c1. The van der Waals surface area contributed by atoms with Crippen molar-refractivity contribution in [2.75, 3.05) is 24.7 Å². The lowest BCUT2D eigenvalue weighted by Crippen LogP contribution is -2.51. The van der Waals surface area contributed by atoms with E-state index in [-0.39, 0.29) is 28.1 Å². The molecule has 0 aromatic heterocycles. The van der Waals surface area contributed by atoms with Crippen molar-refractivity contribution in [2.24, 2.45) is 29.6 Å². The van der Waals surface area contributed by atoms with Gasteiger partial charge in [0.05, 0.1) is 9.82 Å². The Morgan fingerprint density at radius 2 is 1.72 bits per heavy atom. The van der Waals surface area contributed by atoms with Crippen LogP contribution in [0.15, 0.2) is 23.1 Å². The number of rotatable bonds is 7. The van der Waals surface area contributed by atoms with E-state index in [1.165, 1.54) is 44.2 Å². The van der Waals surface area contributed by atoms with Gasteiger partial charge in [0.25, 0.3) is 5.69 Å². The maximum atomic E-state index is 12.8. The zero-order valence-corrected chi connectivity index (χ0v) is 17.3. The predicted octanol–water partition coefficient (Wildman–Crippen LogP) is 2.60. The van der Waals surface area contributed by atoms with E-state index in [1.54, 1.807) is 0 Å². The summed E-state index contributed by atoms with van der Waals surface area (Å²) in [6.45, 7) is 0.699. The zero-order valence-electron chi connectivity index (χ0n) is 16.5. The van der Waals surface area contributed by atoms with Crippen molar-refractivity contribution in [1.82, 2.24) is 5.32 Å². The van der Waals surface area contributed by atoms with Gasteiger partial charge < -0.3 is 10.6 Å². The van der Waals surface area contributed by atoms with Crippen LogP contribution in [0.4, 0.5) is 11.4 Å². The molecule has 29 heavy (non-hydrogen) atoms. The number of amides is 1. The number of benzene rings is 1. The third-order valence-electron chi connectivity index (χ3n) is 6.86. The van der Waals surface area contributed by atoms with Gasteiger partial charge in [0.2, 0.25) is 5.91 Å². The van der Waals surface area contributed by atoms with Crippen LogP contribution in [0.3, 0.4) is 0 Å². The van der Waals surface area contributed by atoms with E-state index < -0.39 is 14.8 Å². The van der Waals surface area contributed by atoms with Gasteiger partial charge in [-0.2, -0.15) is 0 Å². The van der Waals surface area contributed by atoms with Crippen LogP contribution >= 0.6 is 0 Å². The second-order valence-electron chi connectivity index (χ2n) is 8.88. The molecule has 0 spiro atoms. The van der Waals surface area contributed by atoms with E-state index in [2.05, 4.69) is 10.6 Å². The van der Waals surface area contributed by atoms with Crippen LogP contribution in [-0.4, -0.2) is 38.6 Å². The molecular formula is C20H27N3O5S. The first-order valence-electron chi connectivity index (χ1n) is 10.2. The minimum atomic E-state index is -3.52. The molecule has 158 valence electrons. The summed E-state index contributed by atoms with van der Waals surface area (Å²) in [7, 11) is -3.52. The number of nitro groups is 1. The molecule has 0 heterocycles. The molecule has 4 saturated carbocycles. The molecule has 4 aliphatic carbocycles. The Bertz CT molecular complexity index is 902. The van der Waals surface area contributed by atoms with Crippen LogP contribution < -0.4 is 10.6 Å². The van der Waals surface area contributed by atoms with Gasteiger partial charge in [-0.25, -0.2) is 8.42 Å². The van der Waals surface area contributed by atoms with E-state index in [0.29, 0.717) is 24.9 Å². The lowest BCUT2D eigenvalue weighted by atomic mass is 9.51. The van der Waals surface area contributed by atoms with Crippen LogP contribution in [0.5, 0.6) is 0 Å². The molecule has 0 atom stereocenters. The summed E-state index contributed by atoms with van der Waals surface area (Å²) in [4.78, 5) is 23.4. The van der Waals surface area contributed by atoms with Gasteiger partial charge in [-0.05, 0) is 67.9 Å². The lowest BCUT2D eigenvalue weighted by Gasteiger charge is -2.53. The van der Waals surface area contributed by atoms with E-state index in [0.717, 1.165) is 24.2 Å². The summed E-state index contributed by atoms with van der Waals surface area (Å²) < 4.78 is 23.2. The molecule has 0 saturated heterocycles. The summed E-state index contributed by atoms with van der Waals surface area (Å²) in [5.74, 6) is 2.90. The molecule has 4 aliphatic rings. The first-order chi connectivity index (χ1) is 13.7. The topological polar surface area (TPSA) is 118 Å². The van der Waals surface area contributed by atoms with Gasteiger partial charge in [-0.3, -0.25) is 14.9 Å². The van der Waals surface area contributed by atoms with Gasteiger partial charge in [-0.15, -0.1) is 0 Å². The van der Waals surface area contributed by atoms with Crippen LogP contribution in [0.25, 0.3) is 0 Å². The molecule has 1 aromatic carbocycles. The number of hydrogen-bond acceptors (Lipinski definition) is 6. The minimum absolute atomic E-state index is 0.0926. The molecule has 0 aliphatic heterocycles. The number of carbonyl (C=O) groups is 1. The largest absolute Gasteiger partial charge is 0.378 e. The third-order valence-corrected chi connectivity index (χ3v) is 7.97. The van der Waals surface area contributed by atoms with Gasteiger partial charge in [0.1, 0.15) is 5.69 Å². The first kappa shape index (κ1) is 20.1. The highest BCUT2D eigenvalue weighted by atomic mass is 32.2. The molecule has 1 amide bonds. The van der Waals surface area contributed by atoms with Crippen LogP contribution in [-0.2, 0) is 14.6 Å². The van der Waals surface area contributed by atoms with Crippen molar-refractivity contribution in [3.05, 3.63) is 28.3 Å². The summed E-state index contributed by atoms with van der Waals surface area (Å²) in [5.41, 5.74) is -0.0495. The van der Waals surface area contributed by atoms with Gasteiger partial charge in [0, 0.05) is 31.3 Å². The smallest absolute Gasteiger partial charge is 0.293 e. The summed E-state index contributed by atoms with van der Waals surface area (Å²) in [6, 6.07) is 3.80. The molecule has 4 fully saturated rings. The van der Waals surface area contributed by atoms with E-state index in [4.69, 9.17) is 0 Å². The molecule has 1 aromatic rings. The number of carbonyl (C=O) groups excluding carboxylic acids is 1. The van der Waals surface area contributed by atoms with E-state index in [1.807, 2.05) is 0 Å². The fourth-order valence-electron chi connectivity index (χ4n) is 5.90. The fraction of sp³-hybridized carbons (Fsp3) is 0.650. The fourth-order valence-corrected chi connectivity index (χ4v) is 6.54. The highest BCUT2D eigenvalue weighted by molar-refractivity contribution is 7.90. The van der Waals surface area contributed by atoms with E-state index in [9.17, 15) is 23.3 Å². The van der Waals surface area contributed by atoms with Crippen LogP contribution in [0.2, 0.25) is 0 Å². The summed E-state index contributed by atoms with van der Waals surface area (Å²) in [6.07, 6.45) is 7.09. The molecule has 5 rings (SSSR count). The Hall–Kier alpha value is -2.16. The van der Waals surface area contributed by atoms with Crippen LogP contribution in [0, 0.1) is 39.7 Å². The highest BCUT2D eigenvalue weighted by Gasteiger charge is 2.50. The third kappa shape index (κ3) is 4.10. The molecule has 8 nitrogen and oxygen atoms in total. The second kappa shape index (κ2) is 7.59. The molecule has 4 bridgehead atoms. The molecule has 2 N–H and O–H groups in total. The van der Waals surface area contributed by atoms with Crippen LogP contribution in [0.1, 0.15) is 32.1 Å². The molecule has 9 heteroatoms. The van der Waals surface area contributed by atoms with Crippen molar-refractivity contribution in [3.63, 3.8) is 0 Å². The summed E-state index contributed by atoms with van der Waals surface area (Å²) in [5, 5.41) is 17.2. The lowest BCUT2D eigenvalue weighted by molar-refractivity contribution is -0.384. The molecular weight excluding hydrogens is 394 g/mol. The Kier molecular flexibility index (Phi) is 5.27. The normalized spacial score (nSPS) is 30.2. The average molecular weight is 422 g/mol. The predicted molar refractivity (Wildman–Crippen MR) is 108 cm³/mol. The van der Waals surface area contributed by atoms with Gasteiger partial charge in [0.15, 0.2) is 9.84 Å². The number of hydrogen-bond donors (Lipinski definition) is 2. The molecule has 0 unspecified atom stereocenters. The number of nitro benzene ring substituents is 1. The second-order valence-corrected chi connectivity index (χ2v) is 10.9. The molecule has 0 radical (unpaired) electrons. The minimum Gasteiger partial charge on any atom is -0.378 e. The van der Waals surface area contributed by atoms with Crippen molar-refractivity contribution in [2.45, 2.75) is 37.0 Å². The zero-order chi connectivity index (χ0) is 20.8. The standard InChI is InChI=1S/C20H27N3O5S/c1-29(27,28)16-2-3-17(18(11-16)23(25)26)21-4-5-22-20(24)19-14-7-12-6-13(9-14)10-15(19)8-12/h2-3,11-15,19,21H,4-10H2,1H3,(H,22,24). The number of nitrogens with one attached hydrogen (secondary N) is 2. The highest BCUT2D eigenvalue weighted by Crippen LogP contribution is 2.56. The number of nitrogens with zero attached hydrogens (tertiary/aromatic N) is 1. The quantitative estimate of drug-likeness (QED) is 0.397. The first-order valence-corrected chi connectivity index (χ1v) is 12.1. The number of sulfone groups is 1. The average Bonchev–Trinajstić information content (AvgIpc) is 2.63. The number of anilines is 1. The van der Waals surface area contributed by atoms with Crippen molar-refractivity contribution in [3.8, 4) is 0 Å². The Labute approximate surface area is 170 Å². The maximum absolute atomic E-state index is 12.8.